The number of carbonyl (C=O) groups excluding carboxylic acids is 2. The summed E-state index contributed by atoms with van der Waals surface area (Å²) in [5.74, 6) is -1.50. The molecule has 3 rings (SSSR count). The maximum absolute atomic E-state index is 12.9. The number of hydrogen-bond acceptors (Lipinski definition) is 4. The molecule has 3 N–H and O–H groups in total. The molecule has 0 fully saturated rings. The first-order valence-electron chi connectivity index (χ1n) is 10.1. The first-order valence-corrected chi connectivity index (χ1v) is 10.1. The van der Waals surface area contributed by atoms with E-state index in [0.717, 1.165) is 16.7 Å². The van der Waals surface area contributed by atoms with Gasteiger partial charge in [0.25, 0.3) is 0 Å². The lowest BCUT2D eigenvalue weighted by molar-refractivity contribution is -0.138. The second kappa shape index (κ2) is 9.96. The summed E-state index contributed by atoms with van der Waals surface area (Å²) in [7, 11) is 0. The van der Waals surface area contributed by atoms with E-state index in [1.54, 1.807) is 42.5 Å². The van der Waals surface area contributed by atoms with Crippen molar-refractivity contribution in [3.63, 3.8) is 0 Å². The van der Waals surface area contributed by atoms with Crippen LogP contribution in [0.25, 0.3) is 0 Å². The third-order valence-electron chi connectivity index (χ3n) is 5.31. The predicted octanol–water partition coefficient (Wildman–Crippen LogP) is 3.79. The normalized spacial score (nSPS) is 12.7. The van der Waals surface area contributed by atoms with Crippen molar-refractivity contribution < 1.29 is 19.5 Å². The average molecular weight is 415 g/mol. The van der Waals surface area contributed by atoms with Crippen molar-refractivity contribution in [3.8, 4) is 0 Å². The molecule has 0 amide bonds. The van der Waals surface area contributed by atoms with Crippen molar-refractivity contribution >= 4 is 17.5 Å². The molecule has 0 heterocycles. The zero-order chi connectivity index (χ0) is 22.4. The number of carboxylic acid groups (broad SMARTS) is 1. The fraction of sp³-hybridized carbons (Fsp3) is 0.192. The summed E-state index contributed by atoms with van der Waals surface area (Å²) in [6.45, 7) is 1.83. The summed E-state index contributed by atoms with van der Waals surface area (Å²) in [4.78, 5) is 36.6. The topological polar surface area (TPSA) is 97.5 Å². The molecule has 0 aliphatic carbocycles. The van der Waals surface area contributed by atoms with E-state index in [0.29, 0.717) is 11.1 Å². The standard InChI is InChI=1S/C26H25NO4/c1-17(21-11-6-12-22(16-21)25(29)20-9-3-2-4-10-20)24(28)15-19-8-5-7-18(13-19)14-23(27)26(30)31/h2-13,16-17,23H,14-15,27H2,1H3,(H,30,31)/t17?,23-/m0/s1. The summed E-state index contributed by atoms with van der Waals surface area (Å²) in [5, 5.41) is 8.99. The molecule has 0 saturated heterocycles. The Morgan fingerprint density at radius 2 is 1.48 bits per heavy atom. The molecule has 1 unspecified atom stereocenters. The minimum atomic E-state index is -1.06. The molecular weight excluding hydrogens is 390 g/mol. The fourth-order valence-electron chi connectivity index (χ4n) is 3.45. The molecule has 0 bridgehead atoms. The maximum atomic E-state index is 12.9. The number of ketones is 2. The third-order valence-corrected chi connectivity index (χ3v) is 5.31. The van der Waals surface area contributed by atoms with Gasteiger partial charge in [-0.15, -0.1) is 0 Å². The van der Waals surface area contributed by atoms with Gasteiger partial charge in [0.2, 0.25) is 0 Å². The lowest BCUT2D eigenvalue weighted by Crippen LogP contribution is -2.32. The first kappa shape index (κ1) is 22.1. The van der Waals surface area contributed by atoms with E-state index >= 15 is 0 Å². The van der Waals surface area contributed by atoms with Gasteiger partial charge in [0, 0.05) is 23.5 Å². The van der Waals surface area contributed by atoms with E-state index < -0.39 is 12.0 Å². The van der Waals surface area contributed by atoms with Crippen LogP contribution in [0.15, 0.2) is 78.9 Å². The number of carboxylic acids is 1. The van der Waals surface area contributed by atoms with Gasteiger partial charge in [-0.1, -0.05) is 79.7 Å². The van der Waals surface area contributed by atoms with Gasteiger partial charge < -0.3 is 10.8 Å². The molecule has 0 spiro atoms. The second-order valence-corrected chi connectivity index (χ2v) is 7.65. The van der Waals surface area contributed by atoms with Crippen molar-refractivity contribution in [1.29, 1.82) is 0 Å². The van der Waals surface area contributed by atoms with Crippen LogP contribution in [0.4, 0.5) is 0 Å². The van der Waals surface area contributed by atoms with Crippen molar-refractivity contribution in [2.45, 2.75) is 31.7 Å². The summed E-state index contributed by atoms with van der Waals surface area (Å²) in [6.07, 6.45) is 0.421. The highest BCUT2D eigenvalue weighted by Gasteiger charge is 2.18. The van der Waals surface area contributed by atoms with Crippen molar-refractivity contribution in [2.75, 3.05) is 0 Å². The van der Waals surface area contributed by atoms with Gasteiger partial charge in [-0.3, -0.25) is 14.4 Å². The zero-order valence-electron chi connectivity index (χ0n) is 17.3. The Morgan fingerprint density at radius 1 is 0.839 bits per heavy atom. The Labute approximate surface area is 181 Å². The Balaban J connectivity index is 1.72. The van der Waals surface area contributed by atoms with Crippen LogP contribution in [0.3, 0.4) is 0 Å². The van der Waals surface area contributed by atoms with Gasteiger partial charge in [-0.25, -0.2) is 0 Å². The molecule has 5 nitrogen and oxygen atoms in total. The third kappa shape index (κ3) is 5.74. The maximum Gasteiger partial charge on any atom is 0.320 e. The minimum Gasteiger partial charge on any atom is -0.480 e. The molecule has 0 saturated carbocycles. The quantitative estimate of drug-likeness (QED) is 0.518. The zero-order valence-corrected chi connectivity index (χ0v) is 17.3. The smallest absolute Gasteiger partial charge is 0.320 e. The number of nitrogens with two attached hydrogens (primary N) is 1. The SMILES string of the molecule is CC(C(=O)Cc1cccc(C[C@H](N)C(=O)O)c1)c1cccc(C(=O)c2ccccc2)c1. The lowest BCUT2D eigenvalue weighted by Gasteiger charge is -2.13. The monoisotopic (exact) mass is 415 g/mol. The van der Waals surface area contributed by atoms with Crippen LogP contribution < -0.4 is 5.73 Å². The molecular formula is C26H25NO4. The van der Waals surface area contributed by atoms with Gasteiger partial charge in [0.1, 0.15) is 11.8 Å². The van der Waals surface area contributed by atoms with E-state index in [4.69, 9.17) is 10.8 Å². The molecule has 31 heavy (non-hydrogen) atoms. The van der Waals surface area contributed by atoms with Crippen LogP contribution in [0.2, 0.25) is 0 Å². The predicted molar refractivity (Wildman–Crippen MR) is 119 cm³/mol. The van der Waals surface area contributed by atoms with E-state index in [2.05, 4.69) is 0 Å². The number of benzene rings is 3. The Hall–Kier alpha value is -3.57. The molecule has 2 atom stereocenters. The summed E-state index contributed by atoms with van der Waals surface area (Å²) < 4.78 is 0. The van der Waals surface area contributed by atoms with Crippen molar-refractivity contribution in [1.82, 2.24) is 0 Å². The molecule has 5 heteroatoms. The largest absolute Gasteiger partial charge is 0.480 e. The van der Waals surface area contributed by atoms with Crippen LogP contribution in [0, 0.1) is 0 Å². The van der Waals surface area contributed by atoms with E-state index in [9.17, 15) is 14.4 Å². The minimum absolute atomic E-state index is 0.0176. The van der Waals surface area contributed by atoms with Crippen LogP contribution in [0.5, 0.6) is 0 Å². The Kier molecular flexibility index (Phi) is 7.11. The second-order valence-electron chi connectivity index (χ2n) is 7.65. The van der Waals surface area contributed by atoms with Crippen LogP contribution >= 0.6 is 0 Å². The van der Waals surface area contributed by atoms with Gasteiger partial charge in [-0.2, -0.15) is 0 Å². The number of rotatable bonds is 9. The summed E-state index contributed by atoms with van der Waals surface area (Å²) >= 11 is 0. The van der Waals surface area contributed by atoms with Gasteiger partial charge in [0.15, 0.2) is 5.78 Å². The van der Waals surface area contributed by atoms with Crippen LogP contribution in [-0.4, -0.2) is 28.7 Å². The Morgan fingerprint density at radius 3 is 2.19 bits per heavy atom. The average Bonchev–Trinajstić information content (AvgIpc) is 2.78. The van der Waals surface area contributed by atoms with Crippen molar-refractivity contribution in [3.05, 3.63) is 107 Å². The molecule has 0 aliphatic heterocycles. The highest BCUT2D eigenvalue weighted by atomic mass is 16.4. The van der Waals surface area contributed by atoms with Crippen LogP contribution in [0.1, 0.15) is 45.5 Å². The molecule has 0 aliphatic rings. The molecule has 3 aromatic carbocycles. The number of aliphatic carboxylic acids is 1. The van der Waals surface area contributed by atoms with Crippen molar-refractivity contribution in [2.24, 2.45) is 5.73 Å². The summed E-state index contributed by atoms with van der Waals surface area (Å²) in [5.41, 5.74) is 9.14. The highest BCUT2D eigenvalue weighted by molar-refractivity contribution is 6.09. The molecule has 0 radical (unpaired) electrons. The summed E-state index contributed by atoms with van der Waals surface area (Å²) in [6, 6.07) is 22.5. The lowest BCUT2D eigenvalue weighted by atomic mass is 9.90. The number of Topliss-reactive ketones (excluding diaryl/α,β-unsaturated/α-hetero) is 1. The molecule has 3 aromatic rings. The van der Waals surface area contributed by atoms with Gasteiger partial charge in [-0.05, 0) is 29.2 Å². The van der Waals surface area contributed by atoms with E-state index in [1.165, 1.54) is 0 Å². The fourth-order valence-corrected chi connectivity index (χ4v) is 3.45. The van der Waals surface area contributed by atoms with Crippen LogP contribution in [-0.2, 0) is 22.4 Å². The number of carbonyl (C=O) groups is 3. The van der Waals surface area contributed by atoms with Gasteiger partial charge in [0.05, 0.1) is 0 Å². The molecule has 158 valence electrons. The number of hydrogen-bond donors (Lipinski definition) is 2. The first-order chi connectivity index (χ1) is 14.8. The molecule has 0 aromatic heterocycles. The van der Waals surface area contributed by atoms with Gasteiger partial charge >= 0.3 is 5.97 Å². The van der Waals surface area contributed by atoms with E-state index in [-0.39, 0.29) is 30.3 Å². The Bertz CT molecular complexity index is 1090. The highest BCUT2D eigenvalue weighted by Crippen LogP contribution is 2.21. The van der Waals surface area contributed by atoms with E-state index in [1.807, 2.05) is 43.3 Å².